The number of aryl methyl sites for hydroxylation is 1. The second-order valence-corrected chi connectivity index (χ2v) is 5.83. The van der Waals surface area contributed by atoms with E-state index in [1.807, 2.05) is 24.3 Å². The van der Waals surface area contributed by atoms with E-state index in [-0.39, 0.29) is 12.0 Å². The molecule has 1 N–H and O–H groups in total. The van der Waals surface area contributed by atoms with Crippen LogP contribution in [0, 0.1) is 6.92 Å². The van der Waals surface area contributed by atoms with Crippen molar-refractivity contribution in [3.8, 4) is 23.0 Å². The monoisotopic (exact) mass is 307 g/mol. The molecule has 0 saturated heterocycles. The Morgan fingerprint density at radius 3 is 2.65 bits per heavy atom. The van der Waals surface area contributed by atoms with Crippen molar-refractivity contribution in [1.29, 1.82) is 0 Å². The standard InChI is InChI=1S/C19H17NO3/c1-12-18(23-20-19(12)21)14-6-9-15(10-7-14)22-17-11-8-13-4-2-3-5-16(13)17/h2-7,9-10,17H,8,11H2,1H3,(H,20,21). The highest BCUT2D eigenvalue weighted by molar-refractivity contribution is 5.63. The molecule has 23 heavy (non-hydrogen) atoms. The lowest BCUT2D eigenvalue weighted by Crippen LogP contribution is -2.03. The Morgan fingerprint density at radius 2 is 1.91 bits per heavy atom. The number of hydrogen-bond acceptors (Lipinski definition) is 4. The fourth-order valence-electron chi connectivity index (χ4n) is 3.09. The molecule has 1 aliphatic carbocycles. The van der Waals surface area contributed by atoms with Crippen LogP contribution in [-0.2, 0) is 6.42 Å². The highest BCUT2D eigenvalue weighted by Gasteiger charge is 2.23. The lowest BCUT2D eigenvalue weighted by molar-refractivity contribution is 0.207. The fourth-order valence-corrected chi connectivity index (χ4v) is 3.09. The van der Waals surface area contributed by atoms with Gasteiger partial charge in [-0.05, 0) is 60.3 Å². The highest BCUT2D eigenvalue weighted by atomic mass is 16.5. The average Bonchev–Trinajstić information content (AvgIpc) is 3.13. The van der Waals surface area contributed by atoms with Crippen LogP contribution in [0.1, 0.15) is 29.2 Å². The van der Waals surface area contributed by atoms with Gasteiger partial charge in [0.15, 0.2) is 5.76 Å². The van der Waals surface area contributed by atoms with E-state index in [9.17, 15) is 5.11 Å². The molecule has 4 heteroatoms. The van der Waals surface area contributed by atoms with Gasteiger partial charge in [0.25, 0.3) is 5.88 Å². The van der Waals surface area contributed by atoms with Gasteiger partial charge in [-0.2, -0.15) is 0 Å². The van der Waals surface area contributed by atoms with Gasteiger partial charge >= 0.3 is 0 Å². The smallest absolute Gasteiger partial charge is 0.255 e. The Labute approximate surface area is 134 Å². The molecule has 4 rings (SSSR count). The van der Waals surface area contributed by atoms with Gasteiger partial charge in [0.2, 0.25) is 0 Å². The van der Waals surface area contributed by atoms with Crippen LogP contribution >= 0.6 is 0 Å². The number of rotatable bonds is 3. The van der Waals surface area contributed by atoms with Crippen LogP contribution in [0.2, 0.25) is 0 Å². The minimum absolute atomic E-state index is 0.0668. The maximum Gasteiger partial charge on any atom is 0.255 e. The summed E-state index contributed by atoms with van der Waals surface area (Å²) in [5, 5.41) is 13.1. The Bertz CT molecular complexity index is 836. The molecule has 1 atom stereocenters. The topological polar surface area (TPSA) is 55.5 Å². The van der Waals surface area contributed by atoms with Crippen LogP contribution < -0.4 is 4.74 Å². The molecule has 0 amide bonds. The third-order valence-corrected chi connectivity index (χ3v) is 4.37. The maximum absolute atomic E-state index is 9.51. The van der Waals surface area contributed by atoms with E-state index < -0.39 is 0 Å². The number of aromatic nitrogens is 1. The first kappa shape index (κ1) is 13.9. The number of nitrogens with zero attached hydrogens (tertiary/aromatic N) is 1. The summed E-state index contributed by atoms with van der Waals surface area (Å²) in [5.41, 5.74) is 4.17. The molecular weight excluding hydrogens is 290 g/mol. The van der Waals surface area contributed by atoms with E-state index >= 15 is 0 Å². The van der Waals surface area contributed by atoms with Crippen molar-refractivity contribution in [2.45, 2.75) is 25.9 Å². The lowest BCUT2D eigenvalue weighted by Gasteiger charge is -2.15. The van der Waals surface area contributed by atoms with Crippen molar-refractivity contribution in [2.75, 3.05) is 0 Å². The zero-order valence-corrected chi connectivity index (χ0v) is 12.8. The van der Waals surface area contributed by atoms with Crippen molar-refractivity contribution in [1.82, 2.24) is 5.16 Å². The molecule has 0 fully saturated rings. The molecule has 1 unspecified atom stereocenters. The van der Waals surface area contributed by atoms with E-state index in [4.69, 9.17) is 9.26 Å². The molecule has 3 aromatic rings. The predicted octanol–water partition coefficient (Wildman–Crippen LogP) is 4.42. The van der Waals surface area contributed by atoms with E-state index in [1.165, 1.54) is 11.1 Å². The van der Waals surface area contributed by atoms with Gasteiger partial charge in [-0.15, -0.1) is 0 Å². The third-order valence-electron chi connectivity index (χ3n) is 4.37. The second kappa shape index (κ2) is 5.47. The van der Waals surface area contributed by atoms with Crippen LogP contribution in [0.5, 0.6) is 11.6 Å². The van der Waals surface area contributed by atoms with Crippen molar-refractivity contribution in [3.63, 3.8) is 0 Å². The fraction of sp³-hybridized carbons (Fsp3) is 0.211. The molecule has 2 aromatic carbocycles. The molecule has 0 spiro atoms. The summed E-state index contributed by atoms with van der Waals surface area (Å²) in [6.45, 7) is 1.78. The lowest BCUT2D eigenvalue weighted by atomic mass is 10.1. The average molecular weight is 307 g/mol. The third kappa shape index (κ3) is 2.46. The van der Waals surface area contributed by atoms with Gasteiger partial charge in [-0.1, -0.05) is 24.3 Å². The summed E-state index contributed by atoms with van der Waals surface area (Å²) in [6.07, 6.45) is 2.19. The van der Waals surface area contributed by atoms with Crippen molar-refractivity contribution in [3.05, 3.63) is 65.2 Å². The molecule has 1 aliphatic rings. The summed E-state index contributed by atoms with van der Waals surface area (Å²) in [6, 6.07) is 16.1. The normalized spacial score (nSPS) is 16.3. The Hall–Kier alpha value is -2.75. The molecule has 0 aliphatic heterocycles. The highest BCUT2D eigenvalue weighted by Crippen LogP contribution is 2.36. The number of hydrogen-bond donors (Lipinski definition) is 1. The Morgan fingerprint density at radius 1 is 1.13 bits per heavy atom. The quantitative estimate of drug-likeness (QED) is 0.778. The van der Waals surface area contributed by atoms with Crippen LogP contribution in [0.25, 0.3) is 11.3 Å². The number of aromatic hydroxyl groups is 1. The molecule has 0 saturated carbocycles. The molecule has 4 nitrogen and oxygen atoms in total. The Kier molecular flexibility index (Phi) is 3.30. The molecule has 116 valence electrons. The van der Waals surface area contributed by atoms with E-state index in [2.05, 4.69) is 29.4 Å². The van der Waals surface area contributed by atoms with E-state index in [0.29, 0.717) is 11.3 Å². The summed E-state index contributed by atoms with van der Waals surface area (Å²) in [4.78, 5) is 0. The van der Waals surface area contributed by atoms with Gasteiger partial charge in [0, 0.05) is 5.56 Å². The summed E-state index contributed by atoms with van der Waals surface area (Å²) in [7, 11) is 0. The van der Waals surface area contributed by atoms with Gasteiger partial charge in [-0.3, -0.25) is 0 Å². The maximum atomic E-state index is 9.51. The van der Waals surface area contributed by atoms with Crippen LogP contribution in [0.4, 0.5) is 0 Å². The largest absolute Gasteiger partial charge is 0.491 e. The van der Waals surface area contributed by atoms with Crippen LogP contribution in [0.3, 0.4) is 0 Å². The SMILES string of the molecule is Cc1c(O)noc1-c1ccc(OC2CCc3ccccc32)cc1. The minimum Gasteiger partial charge on any atom is -0.491 e. The van der Waals surface area contributed by atoms with E-state index in [1.54, 1.807) is 6.92 Å². The zero-order valence-electron chi connectivity index (χ0n) is 12.8. The molecule has 0 radical (unpaired) electrons. The first-order chi connectivity index (χ1) is 11.2. The van der Waals surface area contributed by atoms with Crippen molar-refractivity contribution in [2.24, 2.45) is 0 Å². The predicted molar refractivity (Wildman–Crippen MR) is 86.5 cm³/mol. The molecule has 0 bridgehead atoms. The van der Waals surface area contributed by atoms with Crippen LogP contribution in [-0.4, -0.2) is 10.3 Å². The summed E-state index contributed by atoms with van der Waals surface area (Å²) in [5.74, 6) is 1.35. The first-order valence-electron chi connectivity index (χ1n) is 7.72. The minimum atomic E-state index is -0.0668. The van der Waals surface area contributed by atoms with Gasteiger partial charge in [0.1, 0.15) is 11.9 Å². The first-order valence-corrected chi connectivity index (χ1v) is 7.72. The number of fused-ring (bicyclic) bond motifs is 1. The number of ether oxygens (including phenoxy) is 1. The zero-order chi connectivity index (χ0) is 15.8. The summed E-state index contributed by atoms with van der Waals surface area (Å²) < 4.78 is 11.3. The molecular formula is C19H17NO3. The Balaban J connectivity index is 1.55. The van der Waals surface area contributed by atoms with Gasteiger partial charge in [-0.25, -0.2) is 0 Å². The second-order valence-electron chi connectivity index (χ2n) is 5.83. The summed E-state index contributed by atoms with van der Waals surface area (Å²) >= 11 is 0. The van der Waals surface area contributed by atoms with Gasteiger partial charge in [0.05, 0.1) is 5.56 Å². The molecule has 1 aromatic heterocycles. The van der Waals surface area contributed by atoms with Gasteiger partial charge < -0.3 is 14.4 Å². The van der Waals surface area contributed by atoms with Crippen molar-refractivity contribution >= 4 is 0 Å². The van der Waals surface area contributed by atoms with Crippen molar-refractivity contribution < 1.29 is 14.4 Å². The number of benzene rings is 2. The molecule has 1 heterocycles. The van der Waals surface area contributed by atoms with E-state index in [0.717, 1.165) is 24.2 Å². The van der Waals surface area contributed by atoms with Crippen LogP contribution in [0.15, 0.2) is 53.1 Å².